The molecule has 2 fully saturated rings. The van der Waals surface area contributed by atoms with Crippen LogP contribution in [0.1, 0.15) is 92.7 Å². The Morgan fingerprint density at radius 2 is 1.69 bits per heavy atom. The molecule has 2 aromatic carbocycles. The lowest BCUT2D eigenvalue weighted by Gasteiger charge is -2.33. The van der Waals surface area contributed by atoms with Crippen LogP contribution in [0.25, 0.3) is 0 Å². The largest absolute Gasteiger partial charge is 0.490 e. The van der Waals surface area contributed by atoms with E-state index in [0.29, 0.717) is 37.0 Å². The Hall–Kier alpha value is -2.75. The first-order valence-corrected chi connectivity index (χ1v) is 14.7. The second-order valence-corrected chi connectivity index (χ2v) is 12.5. The van der Waals surface area contributed by atoms with Crippen LogP contribution >= 0.6 is 0 Å². The molecule has 0 amide bonds. The lowest BCUT2D eigenvalue weighted by molar-refractivity contribution is -0.142. The number of benzene rings is 2. The van der Waals surface area contributed by atoms with Gasteiger partial charge in [0.25, 0.3) is 0 Å². The van der Waals surface area contributed by atoms with Crippen LogP contribution in [-0.4, -0.2) is 23.2 Å². The van der Waals surface area contributed by atoms with E-state index in [1.54, 1.807) is 6.92 Å². The minimum absolute atomic E-state index is 0.0744. The SMILES string of the molecule is CC1CC(N[C@@H](C)c2cc(C(F)(F)F)ccc2C(F)(F)F)CC1C1CCc2ccc([C@H](C3CC3)[C@H](C)C(=O)O)cc2O1. The number of aryl methyl sites for hydroxylation is 1. The number of nitrogens with one attached hydrogen (secondary N) is 1. The summed E-state index contributed by atoms with van der Waals surface area (Å²) < 4.78 is 87.6. The molecule has 2 aromatic rings. The lowest BCUT2D eigenvalue weighted by atomic mass is 9.82. The van der Waals surface area contributed by atoms with E-state index < -0.39 is 47.0 Å². The van der Waals surface area contributed by atoms with E-state index in [0.717, 1.165) is 42.6 Å². The third kappa shape index (κ3) is 6.43. The molecule has 4 nitrogen and oxygen atoms in total. The molecule has 42 heavy (non-hydrogen) atoms. The number of carboxylic acids is 1. The smallest absolute Gasteiger partial charge is 0.416 e. The molecule has 4 unspecified atom stereocenters. The summed E-state index contributed by atoms with van der Waals surface area (Å²) in [5.74, 6) is 0.0349. The van der Waals surface area contributed by atoms with Gasteiger partial charge in [-0.05, 0) is 110 Å². The van der Waals surface area contributed by atoms with Crippen LogP contribution in [0.3, 0.4) is 0 Å². The monoisotopic (exact) mass is 597 g/mol. The number of ether oxygens (including phenoxy) is 1. The van der Waals surface area contributed by atoms with E-state index in [-0.39, 0.29) is 29.9 Å². The van der Waals surface area contributed by atoms with E-state index in [4.69, 9.17) is 4.74 Å². The highest BCUT2D eigenvalue weighted by Gasteiger charge is 2.43. The van der Waals surface area contributed by atoms with Gasteiger partial charge >= 0.3 is 18.3 Å². The Labute approximate surface area is 241 Å². The number of hydrogen-bond donors (Lipinski definition) is 2. The highest BCUT2D eigenvalue weighted by Crippen LogP contribution is 2.49. The molecule has 230 valence electrons. The normalized spacial score (nSPS) is 26.7. The number of carbonyl (C=O) groups is 1. The molecule has 5 rings (SSSR count). The Morgan fingerprint density at radius 3 is 2.31 bits per heavy atom. The van der Waals surface area contributed by atoms with Crippen LogP contribution in [0, 0.1) is 23.7 Å². The molecule has 0 radical (unpaired) electrons. The topological polar surface area (TPSA) is 58.6 Å². The predicted octanol–water partition coefficient (Wildman–Crippen LogP) is 8.40. The standard InChI is InChI=1S/C32H37F6NO3/c1-16-12-23(39-18(3)25-14-22(31(33,34)35)9-10-26(25)32(36,37)38)15-24(16)27-11-8-19-4-7-21(13-28(19)42-27)29(20-5-6-20)17(2)30(40)41/h4,7,9-10,13-14,16-18,20,23-24,27,29,39H,5-6,8,11-12,15H2,1-3H3,(H,40,41)/t16?,17-,18-,23?,24?,27?,29-/m0/s1. The molecule has 0 spiro atoms. The van der Waals surface area contributed by atoms with Crippen molar-refractivity contribution in [2.75, 3.05) is 0 Å². The van der Waals surface area contributed by atoms with Crippen molar-refractivity contribution in [2.45, 2.75) is 95.8 Å². The molecule has 0 bridgehead atoms. The third-order valence-electron chi connectivity index (χ3n) is 9.57. The van der Waals surface area contributed by atoms with E-state index in [1.165, 1.54) is 6.92 Å². The van der Waals surface area contributed by atoms with Crippen LogP contribution in [0.2, 0.25) is 0 Å². The van der Waals surface area contributed by atoms with Gasteiger partial charge in [-0.15, -0.1) is 0 Å². The number of rotatable bonds is 8. The van der Waals surface area contributed by atoms with Crippen LogP contribution in [0.5, 0.6) is 5.75 Å². The molecule has 2 saturated carbocycles. The van der Waals surface area contributed by atoms with Gasteiger partial charge in [-0.2, -0.15) is 26.3 Å². The van der Waals surface area contributed by atoms with Gasteiger partial charge < -0.3 is 15.2 Å². The van der Waals surface area contributed by atoms with E-state index in [2.05, 4.69) is 12.2 Å². The minimum atomic E-state index is -4.77. The van der Waals surface area contributed by atoms with Crippen LogP contribution in [0.15, 0.2) is 36.4 Å². The van der Waals surface area contributed by atoms with E-state index in [1.807, 2.05) is 18.2 Å². The lowest BCUT2D eigenvalue weighted by Crippen LogP contribution is -2.34. The summed E-state index contributed by atoms with van der Waals surface area (Å²) >= 11 is 0. The van der Waals surface area contributed by atoms with Crippen LogP contribution in [0.4, 0.5) is 26.3 Å². The Bertz CT molecular complexity index is 1300. The van der Waals surface area contributed by atoms with Crippen LogP contribution in [-0.2, 0) is 23.6 Å². The number of hydrogen-bond acceptors (Lipinski definition) is 3. The van der Waals surface area contributed by atoms with E-state index >= 15 is 0 Å². The summed E-state index contributed by atoms with van der Waals surface area (Å²) in [7, 11) is 0. The van der Waals surface area contributed by atoms with Crippen molar-refractivity contribution < 1.29 is 41.0 Å². The molecule has 0 aromatic heterocycles. The highest BCUT2D eigenvalue weighted by atomic mass is 19.4. The number of halogens is 6. The third-order valence-corrected chi connectivity index (χ3v) is 9.57. The summed E-state index contributed by atoms with van der Waals surface area (Å²) in [6.07, 6.45) is -4.71. The molecule has 0 saturated heterocycles. The first-order chi connectivity index (χ1) is 19.6. The molecule has 2 aliphatic carbocycles. The zero-order valence-corrected chi connectivity index (χ0v) is 23.9. The molecule has 10 heteroatoms. The van der Waals surface area contributed by atoms with Gasteiger partial charge in [-0.3, -0.25) is 4.79 Å². The van der Waals surface area contributed by atoms with Gasteiger partial charge in [0, 0.05) is 12.1 Å². The van der Waals surface area contributed by atoms with Gasteiger partial charge in [0.1, 0.15) is 11.9 Å². The molecular formula is C32H37F6NO3. The number of aliphatic carboxylic acids is 1. The van der Waals surface area contributed by atoms with Crippen molar-refractivity contribution in [2.24, 2.45) is 23.7 Å². The van der Waals surface area contributed by atoms with Gasteiger partial charge in [-0.25, -0.2) is 0 Å². The Morgan fingerprint density at radius 1 is 0.976 bits per heavy atom. The molecule has 3 aliphatic rings. The van der Waals surface area contributed by atoms with Crippen molar-refractivity contribution in [3.05, 3.63) is 64.2 Å². The molecule has 7 atom stereocenters. The quantitative estimate of drug-likeness (QED) is 0.300. The maximum Gasteiger partial charge on any atom is 0.416 e. The van der Waals surface area contributed by atoms with Crippen molar-refractivity contribution in [3.63, 3.8) is 0 Å². The fourth-order valence-electron chi connectivity index (χ4n) is 7.23. The average molecular weight is 598 g/mol. The summed E-state index contributed by atoms with van der Waals surface area (Å²) in [5.41, 5.74) is -0.536. The first kappa shape index (κ1) is 30.7. The molecule has 1 heterocycles. The van der Waals surface area contributed by atoms with Crippen molar-refractivity contribution >= 4 is 5.97 Å². The first-order valence-electron chi connectivity index (χ1n) is 14.7. The molecule has 1 aliphatic heterocycles. The Balaban J connectivity index is 1.30. The predicted molar refractivity (Wildman–Crippen MR) is 145 cm³/mol. The summed E-state index contributed by atoms with van der Waals surface area (Å²) in [5, 5.41) is 12.9. The van der Waals surface area contributed by atoms with Crippen molar-refractivity contribution in [1.29, 1.82) is 0 Å². The fraction of sp³-hybridized carbons (Fsp3) is 0.594. The van der Waals surface area contributed by atoms with Gasteiger partial charge in [0.2, 0.25) is 0 Å². The zero-order chi connectivity index (χ0) is 30.6. The second kappa shape index (κ2) is 11.4. The second-order valence-electron chi connectivity index (χ2n) is 12.5. The maximum atomic E-state index is 13.7. The summed E-state index contributed by atoms with van der Waals surface area (Å²) in [4.78, 5) is 11.8. The summed E-state index contributed by atoms with van der Waals surface area (Å²) in [6.45, 7) is 5.31. The zero-order valence-electron chi connectivity index (χ0n) is 23.9. The van der Waals surface area contributed by atoms with Gasteiger partial charge in [0.05, 0.1) is 17.0 Å². The summed E-state index contributed by atoms with van der Waals surface area (Å²) in [6, 6.07) is 6.53. The number of alkyl halides is 6. The van der Waals surface area contributed by atoms with Gasteiger partial charge in [0.15, 0.2) is 0 Å². The maximum absolute atomic E-state index is 13.7. The van der Waals surface area contributed by atoms with Gasteiger partial charge in [-0.1, -0.05) is 26.0 Å². The molecule has 2 N–H and O–H groups in total. The fourth-order valence-corrected chi connectivity index (χ4v) is 7.23. The van der Waals surface area contributed by atoms with E-state index in [9.17, 15) is 36.2 Å². The number of carboxylic acid groups (broad SMARTS) is 1. The van der Waals surface area contributed by atoms with Crippen molar-refractivity contribution in [3.8, 4) is 5.75 Å². The minimum Gasteiger partial charge on any atom is -0.490 e. The molecular weight excluding hydrogens is 560 g/mol. The Kier molecular flexibility index (Phi) is 8.33. The van der Waals surface area contributed by atoms with Crippen molar-refractivity contribution in [1.82, 2.24) is 5.32 Å². The number of fused-ring (bicyclic) bond motifs is 1. The average Bonchev–Trinajstić information content (AvgIpc) is 3.68. The van der Waals surface area contributed by atoms with Crippen LogP contribution < -0.4 is 10.1 Å². The highest BCUT2D eigenvalue weighted by molar-refractivity contribution is 5.71.